The molecule has 0 aliphatic heterocycles. The van der Waals surface area contributed by atoms with E-state index in [1.165, 1.54) is 7.05 Å². The first-order chi connectivity index (χ1) is 12.0. The van der Waals surface area contributed by atoms with E-state index in [1.807, 2.05) is 0 Å². The van der Waals surface area contributed by atoms with Crippen molar-refractivity contribution in [2.24, 2.45) is 7.05 Å². The average molecular weight is 389 g/mol. The van der Waals surface area contributed by atoms with Crippen LogP contribution in [0.25, 0.3) is 11.1 Å². The number of hydrogen-bond acceptors (Lipinski definition) is 6. The molecule has 11 heteroatoms. The average Bonchev–Trinajstić information content (AvgIpc) is 2.50. The lowest BCUT2D eigenvalue weighted by Crippen LogP contribution is -2.23. The largest absolute Gasteiger partial charge is 0.772 e. The van der Waals surface area contributed by atoms with Gasteiger partial charge in [-0.3, -0.25) is 13.8 Å². The van der Waals surface area contributed by atoms with Gasteiger partial charge in [0.05, 0.1) is 17.3 Å². The maximum absolute atomic E-state index is 12.9. The quantitative estimate of drug-likeness (QED) is 0.584. The zero-order valence-corrected chi connectivity index (χ0v) is 14.3. The number of hydrogen-bond donors (Lipinski definition) is 0. The maximum atomic E-state index is 12.9. The van der Waals surface area contributed by atoms with Gasteiger partial charge in [0.15, 0.2) is 0 Å². The minimum Gasteiger partial charge on any atom is -0.772 e. The van der Waals surface area contributed by atoms with E-state index in [-0.39, 0.29) is 16.7 Å². The normalized spacial score (nSPS) is 12.7. The van der Waals surface area contributed by atoms with Crippen LogP contribution in [0.3, 0.4) is 0 Å². The van der Waals surface area contributed by atoms with E-state index in [1.54, 1.807) is 0 Å². The number of rotatable bonds is 4. The summed E-state index contributed by atoms with van der Waals surface area (Å²) in [4.78, 5) is 23.4. The highest BCUT2D eigenvalue weighted by Crippen LogP contribution is 2.35. The molecule has 1 heterocycles. The maximum Gasteiger partial charge on any atom is 0.416 e. The molecule has 0 radical (unpaired) electrons. The molecule has 0 bridgehead atoms. The van der Waals surface area contributed by atoms with Crippen LogP contribution in [-0.2, 0) is 34.9 Å². The van der Waals surface area contributed by atoms with E-state index in [0.717, 1.165) is 29.9 Å². The van der Waals surface area contributed by atoms with Crippen molar-refractivity contribution in [3.63, 3.8) is 0 Å². The van der Waals surface area contributed by atoms with E-state index in [0.29, 0.717) is 6.07 Å². The molecule has 1 aromatic carbocycles. The van der Waals surface area contributed by atoms with Crippen LogP contribution in [0.2, 0.25) is 0 Å². The molecule has 0 amide bonds. The fourth-order valence-electron chi connectivity index (χ4n) is 2.23. The number of esters is 1. The molecule has 140 valence electrons. The van der Waals surface area contributed by atoms with Gasteiger partial charge < -0.3 is 9.29 Å². The molecule has 26 heavy (non-hydrogen) atoms. The van der Waals surface area contributed by atoms with Gasteiger partial charge in [-0.2, -0.15) is 18.3 Å². The monoisotopic (exact) mass is 389 g/mol. The molecule has 1 aromatic heterocycles. The number of alkyl halides is 3. The summed E-state index contributed by atoms with van der Waals surface area (Å²) in [6.07, 6.45) is -3.57. The van der Waals surface area contributed by atoms with Gasteiger partial charge in [0.2, 0.25) is 5.75 Å². The van der Waals surface area contributed by atoms with Crippen molar-refractivity contribution in [2.75, 3.05) is 0 Å². The summed E-state index contributed by atoms with van der Waals surface area (Å²) in [5, 5.41) is 3.75. The van der Waals surface area contributed by atoms with Crippen LogP contribution in [0.1, 0.15) is 18.1 Å². The fourth-order valence-corrected chi connectivity index (χ4v) is 2.72. The topological polar surface area (TPSA) is 101 Å². The van der Waals surface area contributed by atoms with Crippen molar-refractivity contribution in [3.05, 3.63) is 45.9 Å². The predicted octanol–water partition coefficient (Wildman–Crippen LogP) is 1.77. The lowest BCUT2D eigenvalue weighted by atomic mass is 9.99. The van der Waals surface area contributed by atoms with E-state index < -0.39 is 45.9 Å². The summed E-state index contributed by atoms with van der Waals surface area (Å²) in [5.41, 5.74) is -2.16. The first-order valence-electron chi connectivity index (χ1n) is 7.01. The van der Waals surface area contributed by atoms with Crippen molar-refractivity contribution in [3.8, 4) is 16.9 Å². The fraction of sp³-hybridized carbons (Fsp3) is 0.267. The smallest absolute Gasteiger partial charge is 0.416 e. The number of nitrogens with zero attached hydrogens (tertiary/aromatic N) is 2. The molecule has 1 atom stereocenters. The molecule has 0 aliphatic rings. The molecule has 0 saturated heterocycles. The molecule has 1 unspecified atom stereocenters. The highest BCUT2D eigenvalue weighted by atomic mass is 32.2. The third-order valence-electron chi connectivity index (χ3n) is 3.33. The first-order valence-corrected chi connectivity index (χ1v) is 8.26. The zero-order valence-electron chi connectivity index (χ0n) is 13.5. The molecule has 2 rings (SSSR count). The Bertz CT molecular complexity index is 940. The molecule has 2 aromatic rings. The zero-order chi connectivity index (χ0) is 19.6. The van der Waals surface area contributed by atoms with Crippen LogP contribution >= 0.6 is 0 Å². The van der Waals surface area contributed by atoms with Gasteiger partial charge in [-0.1, -0.05) is 17.1 Å². The molecular formula is C15H12F3N2O5S-. The molecule has 0 spiro atoms. The highest BCUT2D eigenvalue weighted by Gasteiger charge is 2.31. The lowest BCUT2D eigenvalue weighted by molar-refractivity contribution is -0.137. The van der Waals surface area contributed by atoms with Gasteiger partial charge in [0.25, 0.3) is 0 Å². The van der Waals surface area contributed by atoms with Crippen molar-refractivity contribution in [1.82, 2.24) is 9.78 Å². The van der Waals surface area contributed by atoms with Crippen LogP contribution in [0.4, 0.5) is 13.2 Å². The summed E-state index contributed by atoms with van der Waals surface area (Å²) in [7, 11) is 1.29. The Kier molecular flexibility index (Phi) is 5.62. The second-order valence-electron chi connectivity index (χ2n) is 5.23. The number of aromatic nitrogens is 2. The SMILES string of the molecule is CC(=O)Oc1c(-c2ccc(C(F)(F)F)cc2CS(=O)[O-])cnn(C)c1=O. The van der Waals surface area contributed by atoms with Crippen LogP contribution in [-0.4, -0.2) is 24.5 Å². The summed E-state index contributed by atoms with van der Waals surface area (Å²) in [6, 6.07) is 2.41. The van der Waals surface area contributed by atoms with Crippen LogP contribution < -0.4 is 10.3 Å². The third kappa shape index (κ3) is 4.35. The van der Waals surface area contributed by atoms with Crippen LogP contribution in [0.15, 0.2) is 29.2 Å². The van der Waals surface area contributed by atoms with Gasteiger partial charge in [-0.25, -0.2) is 4.68 Å². The van der Waals surface area contributed by atoms with Gasteiger partial charge in [0, 0.05) is 19.7 Å². The minimum atomic E-state index is -4.68. The van der Waals surface area contributed by atoms with Gasteiger partial charge in [-0.15, -0.1) is 0 Å². The van der Waals surface area contributed by atoms with Crippen molar-refractivity contribution >= 4 is 17.0 Å². The third-order valence-corrected chi connectivity index (χ3v) is 3.88. The number of aryl methyl sites for hydroxylation is 1. The van der Waals surface area contributed by atoms with Gasteiger partial charge in [0.1, 0.15) is 0 Å². The standard InChI is InChI=1S/C15H13F3N2O5S/c1-8(21)25-13-12(6-19-20(2)14(13)22)11-4-3-10(15(16,17)18)5-9(11)7-26(23)24/h3-6H,7H2,1-2H3,(H,23,24)/p-1. The second kappa shape index (κ2) is 7.38. The minimum absolute atomic E-state index is 0.0105. The van der Waals surface area contributed by atoms with E-state index in [9.17, 15) is 31.5 Å². The molecule has 0 saturated carbocycles. The Morgan fingerprint density at radius 2 is 2.00 bits per heavy atom. The van der Waals surface area contributed by atoms with E-state index >= 15 is 0 Å². The lowest BCUT2D eigenvalue weighted by Gasteiger charge is -2.16. The number of carbonyl (C=O) groups excluding carboxylic acids is 1. The Morgan fingerprint density at radius 1 is 1.35 bits per heavy atom. The van der Waals surface area contributed by atoms with Crippen molar-refractivity contribution in [2.45, 2.75) is 18.9 Å². The Balaban J connectivity index is 2.75. The van der Waals surface area contributed by atoms with Crippen LogP contribution in [0, 0.1) is 0 Å². The van der Waals surface area contributed by atoms with E-state index in [4.69, 9.17) is 4.74 Å². The molecule has 0 N–H and O–H groups in total. The van der Waals surface area contributed by atoms with Crippen LogP contribution in [0.5, 0.6) is 5.75 Å². The molecule has 7 nitrogen and oxygen atoms in total. The molecule has 0 fully saturated rings. The van der Waals surface area contributed by atoms with Crippen molar-refractivity contribution < 1.29 is 31.5 Å². The molecular weight excluding hydrogens is 377 g/mol. The van der Waals surface area contributed by atoms with Crippen molar-refractivity contribution in [1.29, 1.82) is 0 Å². The van der Waals surface area contributed by atoms with E-state index in [2.05, 4.69) is 5.10 Å². The predicted molar refractivity (Wildman–Crippen MR) is 83.8 cm³/mol. The van der Waals surface area contributed by atoms with Gasteiger partial charge >= 0.3 is 17.7 Å². The van der Waals surface area contributed by atoms with Gasteiger partial charge in [-0.05, 0) is 23.3 Å². The summed E-state index contributed by atoms with van der Waals surface area (Å²) in [6.45, 7) is 1.05. The number of ether oxygens (including phenoxy) is 1. The summed E-state index contributed by atoms with van der Waals surface area (Å²) < 4.78 is 66.6. The Morgan fingerprint density at radius 3 is 2.54 bits per heavy atom. The summed E-state index contributed by atoms with van der Waals surface area (Å²) in [5.74, 6) is -2.00. The number of carbonyl (C=O) groups is 1. The Labute approximate surface area is 147 Å². The highest BCUT2D eigenvalue weighted by molar-refractivity contribution is 7.78. The second-order valence-corrected chi connectivity index (χ2v) is 6.12. The Hall–Kier alpha value is -2.53. The first kappa shape index (κ1) is 19.8. The molecule has 0 aliphatic carbocycles. The summed E-state index contributed by atoms with van der Waals surface area (Å²) >= 11 is -2.69. The number of benzene rings is 1. The number of halogens is 3.